The van der Waals surface area contributed by atoms with Gasteiger partial charge in [0.15, 0.2) is 0 Å². The van der Waals surface area contributed by atoms with Crippen LogP contribution in [0.3, 0.4) is 0 Å². The van der Waals surface area contributed by atoms with E-state index in [0.717, 1.165) is 18.9 Å². The average molecular weight is 234 g/mol. The van der Waals surface area contributed by atoms with Gasteiger partial charge < -0.3 is 10.6 Å². The molecule has 0 fully saturated rings. The summed E-state index contributed by atoms with van der Waals surface area (Å²) >= 11 is 0. The third-order valence-electron chi connectivity index (χ3n) is 3.01. The Morgan fingerprint density at radius 3 is 2.18 bits per heavy atom. The molecule has 2 N–H and O–H groups in total. The number of nitrogens with one attached hydrogen (secondary N) is 2. The van der Waals surface area contributed by atoms with E-state index in [4.69, 9.17) is 0 Å². The third-order valence-corrected chi connectivity index (χ3v) is 3.01. The fraction of sp³-hybridized carbons (Fsp3) is 0.600. The molecule has 0 atom stereocenters. The van der Waals surface area contributed by atoms with Gasteiger partial charge in [-0.05, 0) is 50.9 Å². The molecule has 0 aliphatic carbocycles. The minimum atomic E-state index is 0.122. The van der Waals surface area contributed by atoms with Crippen molar-refractivity contribution in [1.29, 1.82) is 0 Å². The quantitative estimate of drug-likeness (QED) is 0.789. The molecule has 0 unspecified atom stereocenters. The number of likely N-dealkylation sites (N-methyl/N-ethyl adjacent to an activating group) is 1. The normalized spacial score (nSPS) is 11.9. The Morgan fingerprint density at radius 2 is 1.71 bits per heavy atom. The van der Waals surface area contributed by atoms with Crippen LogP contribution >= 0.6 is 0 Å². The highest BCUT2D eigenvalue weighted by Gasteiger charge is 2.13. The molecule has 0 aliphatic rings. The van der Waals surface area contributed by atoms with E-state index in [2.05, 4.69) is 62.6 Å². The van der Waals surface area contributed by atoms with Crippen LogP contribution in [0.4, 0.5) is 5.69 Å². The van der Waals surface area contributed by atoms with Gasteiger partial charge in [0.05, 0.1) is 0 Å². The first kappa shape index (κ1) is 14.0. The van der Waals surface area contributed by atoms with Crippen molar-refractivity contribution in [2.45, 2.75) is 39.7 Å². The summed E-state index contributed by atoms with van der Waals surface area (Å²) in [5, 5.41) is 6.74. The van der Waals surface area contributed by atoms with Crippen molar-refractivity contribution in [2.24, 2.45) is 5.92 Å². The van der Waals surface area contributed by atoms with Crippen LogP contribution in [0, 0.1) is 5.92 Å². The predicted molar refractivity (Wildman–Crippen MR) is 76.6 cm³/mol. The molecule has 2 nitrogen and oxygen atoms in total. The van der Waals surface area contributed by atoms with Gasteiger partial charge in [-0.1, -0.05) is 26.0 Å². The Kier molecular flexibility index (Phi) is 5.01. The second-order valence-electron chi connectivity index (χ2n) is 5.78. The van der Waals surface area contributed by atoms with Crippen LogP contribution in [0.15, 0.2) is 24.3 Å². The van der Waals surface area contributed by atoms with Crippen molar-refractivity contribution in [3.63, 3.8) is 0 Å². The van der Waals surface area contributed by atoms with E-state index in [1.807, 2.05) is 7.05 Å². The Bertz CT molecular complexity index is 325. The standard InChI is InChI=1S/C15H26N2/c1-12(2)10-13-6-8-14(9-7-13)17-11-15(3,4)16-5/h6-9,12,16-17H,10-11H2,1-5H3. The first-order valence-electron chi connectivity index (χ1n) is 6.44. The molecule has 0 saturated heterocycles. The van der Waals surface area contributed by atoms with E-state index in [9.17, 15) is 0 Å². The molecule has 0 saturated carbocycles. The second-order valence-corrected chi connectivity index (χ2v) is 5.78. The fourth-order valence-corrected chi connectivity index (χ4v) is 1.64. The van der Waals surface area contributed by atoms with Crippen LogP contribution in [0.2, 0.25) is 0 Å². The van der Waals surface area contributed by atoms with E-state index in [0.29, 0.717) is 0 Å². The van der Waals surface area contributed by atoms with Crippen LogP contribution in [0.1, 0.15) is 33.3 Å². The molecular formula is C15H26N2. The largest absolute Gasteiger partial charge is 0.383 e. The molecule has 1 aromatic rings. The van der Waals surface area contributed by atoms with Crippen LogP contribution in [0.5, 0.6) is 0 Å². The lowest BCUT2D eigenvalue weighted by Crippen LogP contribution is -2.42. The predicted octanol–water partition coefficient (Wildman–Crippen LogP) is 3.30. The Labute approximate surface area is 106 Å². The van der Waals surface area contributed by atoms with Gasteiger partial charge in [-0.25, -0.2) is 0 Å². The molecule has 17 heavy (non-hydrogen) atoms. The highest BCUT2D eigenvalue weighted by Crippen LogP contribution is 2.14. The van der Waals surface area contributed by atoms with Crippen LogP contribution in [0.25, 0.3) is 0 Å². The lowest BCUT2D eigenvalue weighted by molar-refractivity contribution is 0.448. The zero-order chi connectivity index (χ0) is 12.9. The first-order chi connectivity index (χ1) is 7.93. The molecular weight excluding hydrogens is 208 g/mol. The Hall–Kier alpha value is -1.02. The van der Waals surface area contributed by atoms with E-state index < -0.39 is 0 Å². The summed E-state index contributed by atoms with van der Waals surface area (Å²) in [4.78, 5) is 0. The third kappa shape index (κ3) is 5.22. The smallest absolute Gasteiger partial charge is 0.0340 e. The maximum absolute atomic E-state index is 3.45. The molecule has 0 heterocycles. The van der Waals surface area contributed by atoms with Crippen molar-refractivity contribution in [3.05, 3.63) is 29.8 Å². The summed E-state index contributed by atoms with van der Waals surface area (Å²) in [6.07, 6.45) is 1.16. The van der Waals surface area contributed by atoms with Gasteiger partial charge in [-0.2, -0.15) is 0 Å². The fourth-order valence-electron chi connectivity index (χ4n) is 1.64. The Balaban J connectivity index is 2.51. The zero-order valence-corrected chi connectivity index (χ0v) is 11.8. The van der Waals surface area contributed by atoms with Gasteiger partial charge in [-0.3, -0.25) is 0 Å². The number of rotatable bonds is 6. The van der Waals surface area contributed by atoms with E-state index in [-0.39, 0.29) is 5.54 Å². The van der Waals surface area contributed by atoms with Crippen molar-refractivity contribution in [1.82, 2.24) is 5.32 Å². The van der Waals surface area contributed by atoms with E-state index >= 15 is 0 Å². The summed E-state index contributed by atoms with van der Waals surface area (Å²) in [6.45, 7) is 9.80. The molecule has 0 radical (unpaired) electrons. The average Bonchev–Trinajstić information content (AvgIpc) is 2.28. The van der Waals surface area contributed by atoms with Crippen molar-refractivity contribution >= 4 is 5.69 Å². The second kappa shape index (κ2) is 6.06. The molecule has 0 aliphatic heterocycles. The number of benzene rings is 1. The molecule has 1 aromatic carbocycles. The minimum Gasteiger partial charge on any atom is -0.383 e. The molecule has 2 heteroatoms. The molecule has 0 spiro atoms. The summed E-state index contributed by atoms with van der Waals surface area (Å²) in [7, 11) is 1.99. The first-order valence-corrected chi connectivity index (χ1v) is 6.44. The van der Waals surface area contributed by atoms with Crippen LogP contribution in [-0.2, 0) is 6.42 Å². The zero-order valence-electron chi connectivity index (χ0n) is 11.8. The maximum Gasteiger partial charge on any atom is 0.0340 e. The molecule has 0 amide bonds. The van der Waals surface area contributed by atoms with Gasteiger partial charge in [-0.15, -0.1) is 0 Å². The maximum atomic E-state index is 3.45. The minimum absolute atomic E-state index is 0.122. The van der Waals surface area contributed by atoms with E-state index in [1.165, 1.54) is 11.3 Å². The van der Waals surface area contributed by atoms with Crippen molar-refractivity contribution in [2.75, 3.05) is 18.9 Å². The summed E-state index contributed by atoms with van der Waals surface area (Å²) in [5.74, 6) is 0.719. The van der Waals surface area contributed by atoms with Gasteiger partial charge in [0.1, 0.15) is 0 Å². The summed E-state index contributed by atoms with van der Waals surface area (Å²) in [5.41, 5.74) is 2.73. The van der Waals surface area contributed by atoms with Gasteiger partial charge in [0, 0.05) is 17.8 Å². The van der Waals surface area contributed by atoms with Gasteiger partial charge in [0.2, 0.25) is 0 Å². The topological polar surface area (TPSA) is 24.1 Å². The molecule has 96 valence electrons. The monoisotopic (exact) mass is 234 g/mol. The summed E-state index contributed by atoms with van der Waals surface area (Å²) < 4.78 is 0. The Morgan fingerprint density at radius 1 is 1.12 bits per heavy atom. The van der Waals surface area contributed by atoms with Crippen molar-refractivity contribution < 1.29 is 0 Å². The number of anilines is 1. The lowest BCUT2D eigenvalue weighted by atomic mass is 10.0. The molecule has 1 rings (SSSR count). The van der Waals surface area contributed by atoms with Gasteiger partial charge >= 0.3 is 0 Å². The SMILES string of the molecule is CNC(C)(C)CNc1ccc(CC(C)C)cc1. The number of hydrogen-bond acceptors (Lipinski definition) is 2. The van der Waals surface area contributed by atoms with Crippen molar-refractivity contribution in [3.8, 4) is 0 Å². The molecule has 0 aromatic heterocycles. The van der Waals surface area contributed by atoms with E-state index in [1.54, 1.807) is 0 Å². The van der Waals surface area contributed by atoms with Gasteiger partial charge in [0.25, 0.3) is 0 Å². The summed E-state index contributed by atoms with van der Waals surface area (Å²) in [6, 6.07) is 8.77. The highest BCUT2D eigenvalue weighted by atomic mass is 15.0. The lowest BCUT2D eigenvalue weighted by Gasteiger charge is -2.25. The van der Waals surface area contributed by atoms with Crippen LogP contribution < -0.4 is 10.6 Å². The van der Waals surface area contributed by atoms with Crippen LogP contribution in [-0.4, -0.2) is 19.1 Å². The highest BCUT2D eigenvalue weighted by molar-refractivity contribution is 5.45. The molecule has 0 bridgehead atoms. The number of hydrogen-bond donors (Lipinski definition) is 2.